The van der Waals surface area contributed by atoms with Crippen molar-refractivity contribution in [2.45, 2.75) is 62.7 Å². The van der Waals surface area contributed by atoms with Gasteiger partial charge in [0.1, 0.15) is 11.4 Å². The molecule has 0 bridgehead atoms. The molecule has 3 N–H and O–H groups in total. The molecule has 11 heteroatoms. The summed E-state index contributed by atoms with van der Waals surface area (Å²) in [6, 6.07) is 5.29. The van der Waals surface area contributed by atoms with Crippen molar-refractivity contribution in [3.8, 4) is 18.1 Å². The van der Waals surface area contributed by atoms with Crippen molar-refractivity contribution in [2.24, 2.45) is 0 Å². The number of fused-ring (bicyclic) bond motifs is 1. The highest BCUT2D eigenvalue weighted by atomic mass is 19.1. The van der Waals surface area contributed by atoms with Crippen molar-refractivity contribution in [3.05, 3.63) is 30.0 Å². The topological polar surface area (TPSA) is 112 Å². The van der Waals surface area contributed by atoms with E-state index in [0.29, 0.717) is 28.5 Å². The van der Waals surface area contributed by atoms with Gasteiger partial charge < -0.3 is 30.5 Å². The highest BCUT2D eigenvalue weighted by Crippen LogP contribution is 2.39. The fraction of sp³-hybridized carbons (Fsp3) is 0.517. The van der Waals surface area contributed by atoms with Gasteiger partial charge in [-0.05, 0) is 63.4 Å². The molecule has 40 heavy (non-hydrogen) atoms. The van der Waals surface area contributed by atoms with Crippen LogP contribution in [0.3, 0.4) is 0 Å². The Morgan fingerprint density at radius 2 is 2.02 bits per heavy atom. The number of methoxy groups -OCH3 is 1. The summed E-state index contributed by atoms with van der Waals surface area (Å²) < 4.78 is 21.3. The highest BCUT2D eigenvalue weighted by Gasteiger charge is 2.47. The monoisotopic (exact) mass is 549 g/mol. The van der Waals surface area contributed by atoms with Gasteiger partial charge >= 0.3 is 0 Å². The van der Waals surface area contributed by atoms with E-state index in [0.717, 1.165) is 58.0 Å². The Bertz CT molecular complexity index is 1300. The molecule has 2 atom stereocenters. The first-order chi connectivity index (χ1) is 19.3. The van der Waals surface area contributed by atoms with E-state index >= 15 is 4.39 Å². The van der Waals surface area contributed by atoms with Crippen molar-refractivity contribution in [2.75, 3.05) is 48.9 Å². The predicted octanol–water partition coefficient (Wildman–Crippen LogP) is 3.17. The van der Waals surface area contributed by atoms with Crippen molar-refractivity contribution in [1.82, 2.24) is 20.6 Å². The molecule has 2 aliphatic heterocycles. The first kappa shape index (κ1) is 27.6. The molecule has 212 valence electrons. The number of halogens is 1. The van der Waals surface area contributed by atoms with E-state index < -0.39 is 11.6 Å². The minimum atomic E-state index is -2.47. The van der Waals surface area contributed by atoms with Crippen LogP contribution in [0, 0.1) is 12.3 Å². The van der Waals surface area contributed by atoms with Crippen molar-refractivity contribution < 1.29 is 18.7 Å². The Morgan fingerprint density at radius 1 is 1.23 bits per heavy atom. The number of aromatic nitrogens is 2. The first-order valence-electron chi connectivity index (χ1n) is 13.9. The zero-order chi connectivity index (χ0) is 28.3. The molecule has 2 fully saturated rings. The van der Waals surface area contributed by atoms with Gasteiger partial charge in [-0.15, -0.1) is 6.42 Å². The number of anilines is 4. The second kappa shape index (κ2) is 11.7. The number of rotatable bonds is 6. The van der Waals surface area contributed by atoms with Crippen LogP contribution in [0.25, 0.3) is 0 Å². The first-order valence-corrected chi connectivity index (χ1v) is 13.9. The molecule has 1 saturated heterocycles. The van der Waals surface area contributed by atoms with E-state index in [1.54, 1.807) is 18.2 Å². The number of ether oxygens (including phenoxy) is 1. The molecule has 2 amide bonds. The zero-order valence-corrected chi connectivity index (χ0v) is 23.0. The second-order valence-electron chi connectivity index (χ2n) is 10.7. The van der Waals surface area contributed by atoms with Crippen LogP contribution in [0.4, 0.5) is 27.5 Å². The van der Waals surface area contributed by atoms with Crippen molar-refractivity contribution in [3.63, 3.8) is 0 Å². The Morgan fingerprint density at radius 3 is 2.77 bits per heavy atom. The minimum absolute atomic E-state index is 0.0147. The molecule has 1 aliphatic carbocycles. The van der Waals surface area contributed by atoms with Crippen LogP contribution in [0.1, 0.15) is 55.3 Å². The number of nitrogens with zero attached hydrogens (tertiary/aromatic N) is 4. The van der Waals surface area contributed by atoms with Gasteiger partial charge in [-0.3, -0.25) is 9.59 Å². The molecule has 3 heterocycles. The van der Waals surface area contributed by atoms with E-state index in [1.807, 2.05) is 4.90 Å². The third-order valence-corrected chi connectivity index (χ3v) is 8.03. The normalized spacial score (nSPS) is 23.6. The number of hydrogen-bond acceptors (Lipinski definition) is 8. The lowest BCUT2D eigenvalue weighted by Crippen LogP contribution is -2.50. The molecule has 0 radical (unpaired) electrons. The number of carbonyl (C=O) groups is 2. The molecule has 10 nitrogen and oxygen atoms in total. The van der Waals surface area contributed by atoms with Crippen molar-refractivity contribution in [1.29, 1.82) is 0 Å². The molecular weight excluding hydrogens is 513 g/mol. The third kappa shape index (κ3) is 5.54. The van der Waals surface area contributed by atoms with E-state index in [2.05, 4.69) is 26.9 Å². The van der Waals surface area contributed by atoms with E-state index in [1.165, 1.54) is 25.3 Å². The maximum atomic E-state index is 15.7. The van der Waals surface area contributed by atoms with Gasteiger partial charge in [-0.25, -0.2) is 9.37 Å². The van der Waals surface area contributed by atoms with Gasteiger partial charge in [-0.1, -0.05) is 18.8 Å². The average molecular weight is 550 g/mol. The van der Waals surface area contributed by atoms with Gasteiger partial charge in [0.2, 0.25) is 5.95 Å². The maximum Gasteiger partial charge on any atom is 0.279 e. The van der Waals surface area contributed by atoms with Crippen LogP contribution in [0.15, 0.2) is 24.4 Å². The molecule has 2 unspecified atom stereocenters. The Kier molecular flexibility index (Phi) is 8.07. The summed E-state index contributed by atoms with van der Waals surface area (Å²) in [5, 5.41) is 9.65. The van der Waals surface area contributed by atoms with Crippen LogP contribution < -0.4 is 30.5 Å². The van der Waals surface area contributed by atoms with Crippen molar-refractivity contribution >= 4 is 35.0 Å². The summed E-state index contributed by atoms with van der Waals surface area (Å²) in [4.78, 5) is 38.1. The SMILES string of the molecule is C#CC1(F)CN(C2CCCC2)c2nc(Nc3ccc(C(=O)NC4CCCNCC4)cc3OC)ncc2N(C)C1=O. The van der Waals surface area contributed by atoms with Crippen LogP contribution >= 0.6 is 0 Å². The molecular formula is C29H36FN7O3. The number of nitrogens with one attached hydrogen (secondary N) is 3. The van der Waals surface area contributed by atoms with Crippen LogP contribution in [0.2, 0.25) is 0 Å². The predicted molar refractivity (Wildman–Crippen MR) is 152 cm³/mol. The molecule has 5 rings (SSSR count). The molecule has 3 aliphatic rings. The third-order valence-electron chi connectivity index (χ3n) is 8.03. The zero-order valence-electron chi connectivity index (χ0n) is 23.0. The van der Waals surface area contributed by atoms with E-state index in [-0.39, 0.29) is 30.5 Å². The summed E-state index contributed by atoms with van der Waals surface area (Å²) in [5.41, 5.74) is -1.03. The fourth-order valence-corrected chi connectivity index (χ4v) is 5.74. The lowest BCUT2D eigenvalue weighted by atomic mass is 10.0. The lowest BCUT2D eigenvalue weighted by Gasteiger charge is -2.31. The van der Waals surface area contributed by atoms with Gasteiger partial charge in [0.25, 0.3) is 17.5 Å². The number of hydrogen-bond donors (Lipinski definition) is 3. The van der Waals surface area contributed by atoms with Crippen LogP contribution in [-0.4, -0.2) is 73.3 Å². The smallest absolute Gasteiger partial charge is 0.279 e. The highest BCUT2D eigenvalue weighted by molar-refractivity contribution is 6.05. The summed E-state index contributed by atoms with van der Waals surface area (Å²) in [6.45, 7) is 1.58. The quantitative estimate of drug-likeness (QED) is 0.472. The number of amides is 2. The van der Waals surface area contributed by atoms with Crippen LogP contribution in [0.5, 0.6) is 5.75 Å². The summed E-state index contributed by atoms with van der Waals surface area (Å²) in [6.07, 6.45) is 13.6. The van der Waals surface area contributed by atoms with Gasteiger partial charge in [0, 0.05) is 24.7 Å². The number of benzene rings is 1. The number of carbonyl (C=O) groups excluding carboxylic acids is 2. The van der Waals surface area contributed by atoms with Gasteiger partial charge in [-0.2, -0.15) is 4.98 Å². The van der Waals surface area contributed by atoms with E-state index in [4.69, 9.17) is 16.1 Å². The second-order valence-corrected chi connectivity index (χ2v) is 10.7. The Balaban J connectivity index is 1.41. The molecule has 2 aromatic rings. The Labute approximate surface area is 234 Å². The Hall–Kier alpha value is -3.91. The van der Waals surface area contributed by atoms with E-state index in [9.17, 15) is 9.59 Å². The fourth-order valence-electron chi connectivity index (χ4n) is 5.74. The number of terminal acetylenes is 1. The maximum absolute atomic E-state index is 15.7. The molecule has 1 saturated carbocycles. The summed E-state index contributed by atoms with van der Waals surface area (Å²) in [7, 11) is 3.01. The standard InChI is InChI=1S/C29H36FN7O3/c1-4-29(30)18-37(21-9-5-6-10-21)25-23(36(2)27(29)39)17-32-28(35-25)34-22-12-11-19(16-24(22)40-3)26(38)33-20-8-7-14-31-15-13-20/h1,11-12,16-17,20-21,31H,5-10,13-15,18H2,2-3H3,(H,33,38)(H,32,34,35). The molecule has 1 aromatic carbocycles. The molecule has 0 spiro atoms. The summed E-state index contributed by atoms with van der Waals surface area (Å²) >= 11 is 0. The summed E-state index contributed by atoms with van der Waals surface area (Å²) in [5.74, 6) is 2.27. The number of alkyl halides is 1. The lowest BCUT2D eigenvalue weighted by molar-refractivity contribution is -0.125. The largest absolute Gasteiger partial charge is 0.495 e. The minimum Gasteiger partial charge on any atom is -0.495 e. The van der Waals surface area contributed by atoms with Gasteiger partial charge in [0.05, 0.1) is 25.5 Å². The average Bonchev–Trinajstić information content (AvgIpc) is 3.36. The van der Waals surface area contributed by atoms with Gasteiger partial charge in [0.15, 0.2) is 5.82 Å². The van der Waals surface area contributed by atoms with Crippen LogP contribution in [-0.2, 0) is 4.79 Å². The molecule has 1 aromatic heterocycles.